The van der Waals surface area contributed by atoms with E-state index in [4.69, 9.17) is 0 Å². The smallest absolute Gasteiger partial charge is 0.327 e. The highest BCUT2D eigenvalue weighted by Gasteiger charge is 2.16. The van der Waals surface area contributed by atoms with Crippen molar-refractivity contribution in [3.8, 4) is 0 Å². The van der Waals surface area contributed by atoms with Gasteiger partial charge in [-0.3, -0.25) is 4.90 Å². The summed E-state index contributed by atoms with van der Waals surface area (Å²) in [4.78, 5) is 27.5. The van der Waals surface area contributed by atoms with Gasteiger partial charge in [0.25, 0.3) is 0 Å². The van der Waals surface area contributed by atoms with Crippen LogP contribution in [0.5, 0.6) is 0 Å². The highest BCUT2D eigenvalue weighted by Crippen LogP contribution is 2.22. The monoisotopic (exact) mass is 459 g/mol. The fourth-order valence-corrected chi connectivity index (χ4v) is 3.57. The number of hydrogen-bond donors (Lipinski definition) is 2. The topological polar surface area (TPSA) is 76.6 Å². The summed E-state index contributed by atoms with van der Waals surface area (Å²) in [5, 5.41) is 6.11. The SMILES string of the molecule is C=C/C=C\C(=C/C=C)NC(=O)N(C)c1cc(Nc2ccc(N3CCN(CC)CC3)cc2)ncn1. The molecule has 178 valence electrons. The lowest BCUT2D eigenvalue weighted by Gasteiger charge is -2.35. The molecular weight excluding hydrogens is 426 g/mol. The van der Waals surface area contributed by atoms with Crippen LogP contribution in [0, 0.1) is 0 Å². The predicted molar refractivity (Wildman–Crippen MR) is 141 cm³/mol. The number of nitrogens with zero attached hydrogens (tertiary/aromatic N) is 5. The molecule has 0 bridgehead atoms. The molecule has 0 atom stereocenters. The van der Waals surface area contributed by atoms with Gasteiger partial charge in [-0.25, -0.2) is 14.8 Å². The molecule has 0 radical (unpaired) electrons. The Morgan fingerprint density at radius 1 is 1.12 bits per heavy atom. The number of anilines is 4. The normalized spacial score (nSPS) is 14.6. The van der Waals surface area contributed by atoms with Gasteiger partial charge in [0.15, 0.2) is 0 Å². The lowest BCUT2D eigenvalue weighted by atomic mass is 10.2. The molecule has 34 heavy (non-hydrogen) atoms. The third kappa shape index (κ3) is 6.79. The molecule has 0 saturated carbocycles. The lowest BCUT2D eigenvalue weighted by Crippen LogP contribution is -2.46. The molecule has 1 saturated heterocycles. The molecule has 8 nitrogen and oxygen atoms in total. The molecule has 1 fully saturated rings. The Kier molecular flexibility index (Phi) is 8.99. The van der Waals surface area contributed by atoms with Gasteiger partial charge >= 0.3 is 6.03 Å². The van der Waals surface area contributed by atoms with Gasteiger partial charge in [0, 0.05) is 56.4 Å². The van der Waals surface area contributed by atoms with Crippen LogP contribution in [-0.2, 0) is 0 Å². The second-order valence-corrected chi connectivity index (χ2v) is 7.80. The number of amides is 2. The van der Waals surface area contributed by atoms with E-state index in [9.17, 15) is 4.79 Å². The zero-order valence-electron chi connectivity index (χ0n) is 19.9. The number of rotatable bonds is 9. The van der Waals surface area contributed by atoms with Gasteiger partial charge in [-0.05, 0) is 43.0 Å². The Hall–Kier alpha value is -3.91. The molecule has 3 rings (SSSR count). The van der Waals surface area contributed by atoms with E-state index in [1.165, 1.54) is 16.9 Å². The van der Waals surface area contributed by atoms with Crippen molar-refractivity contribution >= 4 is 29.0 Å². The second kappa shape index (κ2) is 12.4. The van der Waals surface area contributed by atoms with E-state index >= 15 is 0 Å². The molecule has 8 heteroatoms. The number of likely N-dealkylation sites (N-methyl/N-ethyl adjacent to an activating group) is 1. The van der Waals surface area contributed by atoms with Crippen molar-refractivity contribution in [3.63, 3.8) is 0 Å². The summed E-state index contributed by atoms with van der Waals surface area (Å²) in [5.74, 6) is 1.06. The number of hydrogen-bond acceptors (Lipinski definition) is 6. The number of nitrogens with one attached hydrogen (secondary N) is 2. The standard InChI is InChI=1S/C26H33N7O/c1-5-8-10-21(9-6-2)30-26(34)31(4)25-19-24(27-20-28-25)29-22-11-13-23(14-12-22)33-17-15-32(7-3)16-18-33/h5-6,8-14,19-20H,1-2,7,15-18H2,3-4H3,(H,30,34)(H,27,28,29)/b10-8-,21-9+. The molecule has 2 N–H and O–H groups in total. The number of allylic oxidation sites excluding steroid dienone is 5. The summed E-state index contributed by atoms with van der Waals surface area (Å²) < 4.78 is 0. The maximum absolute atomic E-state index is 12.7. The van der Waals surface area contributed by atoms with E-state index in [-0.39, 0.29) is 6.03 Å². The summed E-state index contributed by atoms with van der Waals surface area (Å²) in [6, 6.07) is 9.72. The molecule has 0 aliphatic carbocycles. The Balaban J connectivity index is 1.63. The zero-order chi connectivity index (χ0) is 24.3. The molecular formula is C26H33N7O. The summed E-state index contributed by atoms with van der Waals surface area (Å²) in [6.45, 7) is 14.9. The van der Waals surface area contributed by atoms with Crippen molar-refractivity contribution < 1.29 is 4.79 Å². The maximum Gasteiger partial charge on any atom is 0.327 e. The summed E-state index contributed by atoms with van der Waals surface area (Å²) in [5.41, 5.74) is 2.73. The highest BCUT2D eigenvalue weighted by atomic mass is 16.2. The van der Waals surface area contributed by atoms with Crippen molar-refractivity contribution in [2.45, 2.75) is 6.92 Å². The third-order valence-corrected chi connectivity index (χ3v) is 5.59. The summed E-state index contributed by atoms with van der Waals surface area (Å²) >= 11 is 0. The van der Waals surface area contributed by atoms with Crippen LogP contribution in [0.2, 0.25) is 0 Å². The molecule has 0 unspecified atom stereocenters. The third-order valence-electron chi connectivity index (χ3n) is 5.59. The van der Waals surface area contributed by atoms with E-state index < -0.39 is 0 Å². The van der Waals surface area contributed by atoms with Crippen molar-refractivity contribution in [2.24, 2.45) is 0 Å². The number of piperazine rings is 1. The summed E-state index contributed by atoms with van der Waals surface area (Å²) in [6.07, 6.45) is 9.84. The van der Waals surface area contributed by atoms with E-state index in [1.807, 2.05) is 12.1 Å². The molecule has 2 aromatic rings. The van der Waals surface area contributed by atoms with E-state index in [2.05, 4.69) is 62.6 Å². The van der Waals surface area contributed by atoms with Crippen molar-refractivity contribution in [1.29, 1.82) is 0 Å². The number of benzene rings is 1. The quantitative estimate of drug-likeness (QED) is 0.544. The average molecular weight is 460 g/mol. The van der Waals surface area contributed by atoms with Gasteiger partial charge in [-0.1, -0.05) is 38.3 Å². The van der Waals surface area contributed by atoms with Crippen LogP contribution >= 0.6 is 0 Å². The molecule has 1 aromatic carbocycles. The van der Waals surface area contributed by atoms with Crippen LogP contribution in [-0.4, -0.2) is 60.7 Å². The van der Waals surface area contributed by atoms with Crippen molar-refractivity contribution in [3.05, 3.63) is 85.9 Å². The highest BCUT2D eigenvalue weighted by molar-refractivity contribution is 5.92. The predicted octanol–water partition coefficient (Wildman–Crippen LogP) is 4.32. The first-order valence-corrected chi connectivity index (χ1v) is 11.4. The van der Waals surface area contributed by atoms with Gasteiger partial charge in [-0.2, -0.15) is 0 Å². The molecule has 1 aliphatic heterocycles. The minimum Gasteiger partial charge on any atom is -0.369 e. The second-order valence-electron chi connectivity index (χ2n) is 7.80. The lowest BCUT2D eigenvalue weighted by molar-refractivity contribution is 0.250. The van der Waals surface area contributed by atoms with Gasteiger partial charge < -0.3 is 20.4 Å². The van der Waals surface area contributed by atoms with E-state index in [0.29, 0.717) is 17.3 Å². The first-order chi connectivity index (χ1) is 16.5. The average Bonchev–Trinajstić information content (AvgIpc) is 2.87. The fourth-order valence-electron chi connectivity index (χ4n) is 3.57. The van der Waals surface area contributed by atoms with Crippen LogP contribution in [0.15, 0.2) is 85.9 Å². The van der Waals surface area contributed by atoms with Gasteiger partial charge in [0.05, 0.1) is 0 Å². The van der Waals surface area contributed by atoms with Crippen LogP contribution in [0.3, 0.4) is 0 Å². The Morgan fingerprint density at radius 2 is 1.85 bits per heavy atom. The van der Waals surface area contributed by atoms with E-state index in [0.717, 1.165) is 38.4 Å². The van der Waals surface area contributed by atoms with Gasteiger partial charge in [0.1, 0.15) is 18.0 Å². The van der Waals surface area contributed by atoms with Crippen molar-refractivity contribution in [2.75, 3.05) is 54.9 Å². The number of aromatic nitrogens is 2. The van der Waals surface area contributed by atoms with Crippen LogP contribution < -0.4 is 20.4 Å². The molecule has 2 amide bonds. The van der Waals surface area contributed by atoms with Gasteiger partial charge in [0.2, 0.25) is 0 Å². The number of urea groups is 1. The Bertz CT molecular complexity index is 1040. The maximum atomic E-state index is 12.7. The minimum absolute atomic E-state index is 0.334. The fraction of sp³-hybridized carbons (Fsp3) is 0.269. The Labute approximate surface area is 202 Å². The first-order valence-electron chi connectivity index (χ1n) is 11.4. The first kappa shape index (κ1) is 24.7. The Morgan fingerprint density at radius 3 is 2.50 bits per heavy atom. The van der Waals surface area contributed by atoms with Crippen LogP contribution in [0.4, 0.5) is 27.8 Å². The molecule has 1 aromatic heterocycles. The van der Waals surface area contributed by atoms with Gasteiger partial charge in [-0.15, -0.1) is 0 Å². The molecule has 0 spiro atoms. The van der Waals surface area contributed by atoms with Crippen LogP contribution in [0.25, 0.3) is 0 Å². The number of carbonyl (C=O) groups excluding carboxylic acids is 1. The largest absolute Gasteiger partial charge is 0.369 e. The van der Waals surface area contributed by atoms with Crippen molar-refractivity contribution in [1.82, 2.24) is 20.2 Å². The molecule has 2 heterocycles. The van der Waals surface area contributed by atoms with E-state index in [1.54, 1.807) is 43.5 Å². The summed E-state index contributed by atoms with van der Waals surface area (Å²) in [7, 11) is 1.65. The number of carbonyl (C=O) groups is 1. The minimum atomic E-state index is -0.334. The van der Waals surface area contributed by atoms with Crippen LogP contribution in [0.1, 0.15) is 6.92 Å². The molecule has 1 aliphatic rings. The zero-order valence-corrected chi connectivity index (χ0v) is 19.9.